The molecule has 4 heteroatoms. The number of nitrogens with one attached hydrogen (secondary N) is 1. The number of aromatic nitrogens is 2. The standard InChI is InChI=1S/C13H19N3S/c1-4-8(2)11(14)13-15-9(3)12(16-13)10-6-5-7-17-10/h5-8,11H,4,14H2,1-3H3,(H,15,16). The molecular formula is C13H19N3S. The van der Waals surface area contributed by atoms with E-state index < -0.39 is 0 Å². The van der Waals surface area contributed by atoms with Gasteiger partial charge in [0, 0.05) is 5.69 Å². The second-order valence-corrected chi connectivity index (χ2v) is 5.43. The normalized spacial score (nSPS) is 14.8. The van der Waals surface area contributed by atoms with Crippen LogP contribution in [0.1, 0.15) is 37.8 Å². The Morgan fingerprint density at radius 1 is 1.53 bits per heavy atom. The molecule has 0 aliphatic rings. The number of imidazole rings is 1. The van der Waals surface area contributed by atoms with Crippen molar-refractivity contribution in [2.45, 2.75) is 33.2 Å². The number of hydrogen-bond acceptors (Lipinski definition) is 3. The molecule has 0 saturated carbocycles. The molecule has 0 amide bonds. The highest BCUT2D eigenvalue weighted by atomic mass is 32.1. The number of thiophene rings is 1. The summed E-state index contributed by atoms with van der Waals surface area (Å²) in [5.41, 5.74) is 8.33. The van der Waals surface area contributed by atoms with Gasteiger partial charge < -0.3 is 10.7 Å². The quantitative estimate of drug-likeness (QED) is 0.871. The van der Waals surface area contributed by atoms with Gasteiger partial charge in [0.2, 0.25) is 0 Å². The Bertz CT molecular complexity index is 473. The van der Waals surface area contributed by atoms with Crippen molar-refractivity contribution in [3.63, 3.8) is 0 Å². The Morgan fingerprint density at radius 2 is 2.29 bits per heavy atom. The Labute approximate surface area is 106 Å². The maximum Gasteiger partial charge on any atom is 0.124 e. The van der Waals surface area contributed by atoms with Crippen LogP contribution in [0.25, 0.3) is 10.6 Å². The lowest BCUT2D eigenvalue weighted by Crippen LogP contribution is -2.19. The fourth-order valence-corrected chi connectivity index (χ4v) is 2.59. The lowest BCUT2D eigenvalue weighted by atomic mass is 10.00. The fraction of sp³-hybridized carbons (Fsp3) is 0.462. The second kappa shape index (κ2) is 5.02. The number of nitrogens with zero attached hydrogens (tertiary/aromatic N) is 1. The average Bonchev–Trinajstić information content (AvgIpc) is 2.95. The molecule has 3 nitrogen and oxygen atoms in total. The van der Waals surface area contributed by atoms with Crippen molar-refractivity contribution in [3.05, 3.63) is 29.0 Å². The van der Waals surface area contributed by atoms with Crippen molar-refractivity contribution >= 4 is 11.3 Å². The van der Waals surface area contributed by atoms with E-state index in [1.165, 1.54) is 4.88 Å². The molecule has 0 aliphatic carbocycles. The summed E-state index contributed by atoms with van der Waals surface area (Å²) in [6, 6.07) is 4.13. The first kappa shape index (κ1) is 12.3. The van der Waals surface area contributed by atoms with Gasteiger partial charge in [-0.15, -0.1) is 11.3 Å². The minimum Gasteiger partial charge on any atom is -0.344 e. The summed E-state index contributed by atoms with van der Waals surface area (Å²) < 4.78 is 0. The Morgan fingerprint density at radius 3 is 2.88 bits per heavy atom. The van der Waals surface area contributed by atoms with Crippen LogP contribution in [0, 0.1) is 12.8 Å². The first-order valence-corrected chi connectivity index (χ1v) is 6.87. The fourth-order valence-electron chi connectivity index (χ4n) is 1.82. The van der Waals surface area contributed by atoms with Gasteiger partial charge in [-0.3, -0.25) is 0 Å². The van der Waals surface area contributed by atoms with Crippen LogP contribution >= 0.6 is 11.3 Å². The minimum atomic E-state index is -0.00703. The summed E-state index contributed by atoms with van der Waals surface area (Å²) in [7, 11) is 0. The van der Waals surface area contributed by atoms with Gasteiger partial charge in [0.05, 0.1) is 10.9 Å². The number of H-pyrrole nitrogens is 1. The maximum absolute atomic E-state index is 6.19. The van der Waals surface area contributed by atoms with Crippen LogP contribution in [0.3, 0.4) is 0 Å². The van der Waals surface area contributed by atoms with Gasteiger partial charge in [-0.25, -0.2) is 4.98 Å². The molecule has 0 aliphatic heterocycles. The molecule has 2 aromatic heterocycles. The van der Waals surface area contributed by atoms with Gasteiger partial charge in [-0.2, -0.15) is 0 Å². The molecule has 2 heterocycles. The molecule has 17 heavy (non-hydrogen) atoms. The second-order valence-electron chi connectivity index (χ2n) is 4.48. The van der Waals surface area contributed by atoms with E-state index in [2.05, 4.69) is 42.2 Å². The predicted molar refractivity (Wildman–Crippen MR) is 73.0 cm³/mol. The summed E-state index contributed by atoms with van der Waals surface area (Å²) in [5, 5.41) is 2.07. The maximum atomic E-state index is 6.19. The smallest absolute Gasteiger partial charge is 0.124 e. The number of aromatic amines is 1. The minimum absolute atomic E-state index is 0.00703. The summed E-state index contributed by atoms with van der Waals surface area (Å²) in [6.45, 7) is 6.36. The first-order chi connectivity index (χ1) is 8.13. The van der Waals surface area contributed by atoms with Gasteiger partial charge >= 0.3 is 0 Å². The van der Waals surface area contributed by atoms with Crippen LogP contribution < -0.4 is 5.73 Å². The van der Waals surface area contributed by atoms with Gasteiger partial charge in [-0.05, 0) is 24.3 Å². The lowest BCUT2D eigenvalue weighted by molar-refractivity contribution is 0.441. The largest absolute Gasteiger partial charge is 0.344 e. The van der Waals surface area contributed by atoms with Crippen LogP contribution in [-0.2, 0) is 0 Å². The Balaban J connectivity index is 2.31. The van der Waals surface area contributed by atoms with Gasteiger partial charge in [-0.1, -0.05) is 26.3 Å². The number of hydrogen-bond donors (Lipinski definition) is 2. The van der Waals surface area contributed by atoms with Crippen molar-refractivity contribution in [1.82, 2.24) is 9.97 Å². The van der Waals surface area contributed by atoms with E-state index in [0.29, 0.717) is 5.92 Å². The molecule has 0 fully saturated rings. The van der Waals surface area contributed by atoms with E-state index in [9.17, 15) is 0 Å². The molecule has 0 radical (unpaired) electrons. The molecule has 2 unspecified atom stereocenters. The van der Waals surface area contributed by atoms with Crippen LogP contribution in [0.5, 0.6) is 0 Å². The molecule has 0 spiro atoms. The van der Waals surface area contributed by atoms with E-state index in [4.69, 9.17) is 5.73 Å². The van der Waals surface area contributed by atoms with E-state index in [-0.39, 0.29) is 6.04 Å². The third-order valence-electron chi connectivity index (χ3n) is 3.23. The highest BCUT2D eigenvalue weighted by molar-refractivity contribution is 7.13. The zero-order chi connectivity index (χ0) is 12.4. The summed E-state index contributed by atoms with van der Waals surface area (Å²) in [4.78, 5) is 9.17. The Hall–Kier alpha value is -1.13. The summed E-state index contributed by atoms with van der Waals surface area (Å²) in [5.74, 6) is 1.34. The Kier molecular flexibility index (Phi) is 3.64. The molecule has 0 aromatic carbocycles. The van der Waals surface area contributed by atoms with E-state index in [1.54, 1.807) is 11.3 Å². The highest BCUT2D eigenvalue weighted by Crippen LogP contribution is 2.28. The van der Waals surface area contributed by atoms with E-state index in [0.717, 1.165) is 23.6 Å². The third kappa shape index (κ3) is 2.42. The molecule has 0 bridgehead atoms. The van der Waals surface area contributed by atoms with Crippen molar-refractivity contribution < 1.29 is 0 Å². The average molecular weight is 249 g/mol. The van der Waals surface area contributed by atoms with E-state index >= 15 is 0 Å². The number of nitrogens with two attached hydrogens (primary N) is 1. The van der Waals surface area contributed by atoms with Crippen LogP contribution in [-0.4, -0.2) is 9.97 Å². The molecule has 92 valence electrons. The van der Waals surface area contributed by atoms with Crippen molar-refractivity contribution in [2.24, 2.45) is 11.7 Å². The monoisotopic (exact) mass is 249 g/mol. The third-order valence-corrected chi connectivity index (χ3v) is 4.11. The predicted octanol–water partition coefficient (Wildman–Crippen LogP) is 3.49. The molecule has 2 aromatic rings. The zero-order valence-corrected chi connectivity index (χ0v) is 11.3. The van der Waals surface area contributed by atoms with Gasteiger partial charge in [0.15, 0.2) is 0 Å². The van der Waals surface area contributed by atoms with Gasteiger partial charge in [0.25, 0.3) is 0 Å². The molecule has 0 saturated heterocycles. The van der Waals surface area contributed by atoms with Crippen LogP contribution in [0.2, 0.25) is 0 Å². The van der Waals surface area contributed by atoms with Crippen molar-refractivity contribution in [1.29, 1.82) is 0 Å². The van der Waals surface area contributed by atoms with Crippen molar-refractivity contribution in [2.75, 3.05) is 0 Å². The molecular weight excluding hydrogens is 230 g/mol. The molecule has 2 rings (SSSR count). The number of rotatable bonds is 4. The zero-order valence-electron chi connectivity index (χ0n) is 10.5. The van der Waals surface area contributed by atoms with E-state index in [1.807, 2.05) is 6.07 Å². The molecule has 3 N–H and O–H groups in total. The first-order valence-electron chi connectivity index (χ1n) is 5.99. The SMILES string of the molecule is CCC(C)C(N)c1nc(-c2cccs2)c(C)[nH]1. The number of aryl methyl sites for hydroxylation is 1. The van der Waals surface area contributed by atoms with Crippen molar-refractivity contribution in [3.8, 4) is 10.6 Å². The van der Waals surface area contributed by atoms with Crippen LogP contribution in [0.15, 0.2) is 17.5 Å². The molecule has 2 atom stereocenters. The lowest BCUT2D eigenvalue weighted by Gasteiger charge is -2.15. The highest BCUT2D eigenvalue weighted by Gasteiger charge is 2.19. The van der Waals surface area contributed by atoms with Crippen LogP contribution in [0.4, 0.5) is 0 Å². The summed E-state index contributed by atoms with van der Waals surface area (Å²) in [6.07, 6.45) is 1.06. The van der Waals surface area contributed by atoms with Gasteiger partial charge in [0.1, 0.15) is 11.5 Å². The summed E-state index contributed by atoms with van der Waals surface area (Å²) >= 11 is 1.71. The topological polar surface area (TPSA) is 54.7 Å².